The van der Waals surface area contributed by atoms with E-state index < -0.39 is 27.7 Å². The second-order valence-electron chi connectivity index (χ2n) is 7.84. The van der Waals surface area contributed by atoms with Gasteiger partial charge in [-0.15, -0.1) is 0 Å². The van der Waals surface area contributed by atoms with Crippen molar-refractivity contribution in [2.24, 2.45) is 0 Å². The second-order valence-corrected chi connectivity index (χ2v) is 9.65. The number of hydrogen-bond acceptors (Lipinski definition) is 4. The second kappa shape index (κ2) is 9.10. The number of ether oxygens (including phenoxy) is 1. The van der Waals surface area contributed by atoms with Crippen molar-refractivity contribution in [3.05, 3.63) is 84.1 Å². The Morgan fingerprint density at radius 1 is 1.00 bits per heavy atom. The number of rotatable bonds is 7. The fraction of sp³-hybridized carbons (Fsp3) is 0.160. The summed E-state index contributed by atoms with van der Waals surface area (Å²) in [5.41, 5.74) is 0.536. The van der Waals surface area contributed by atoms with Gasteiger partial charge in [0.2, 0.25) is 0 Å². The van der Waals surface area contributed by atoms with Crippen molar-refractivity contribution in [2.45, 2.75) is 23.9 Å². The molecule has 0 atom stereocenters. The number of carboxylic acid groups (broad SMARTS) is 1. The number of fused-ring (bicyclic) bond motifs is 1. The number of aryl methyl sites for hydroxylation is 1. The highest BCUT2D eigenvalue weighted by molar-refractivity contribution is 7.90. The Labute approximate surface area is 199 Å². The van der Waals surface area contributed by atoms with Crippen molar-refractivity contribution in [1.82, 2.24) is 3.97 Å². The summed E-state index contributed by atoms with van der Waals surface area (Å²) in [6.07, 6.45) is -3.25. The molecule has 10 heteroatoms. The molecule has 0 aliphatic heterocycles. The van der Waals surface area contributed by atoms with Crippen molar-refractivity contribution < 1.29 is 36.2 Å². The average Bonchev–Trinajstić information content (AvgIpc) is 3.21. The summed E-state index contributed by atoms with van der Waals surface area (Å²) >= 11 is 0. The molecule has 35 heavy (non-hydrogen) atoms. The summed E-state index contributed by atoms with van der Waals surface area (Å²) in [5.74, 6) is -0.541. The third-order valence-electron chi connectivity index (χ3n) is 5.58. The minimum absolute atomic E-state index is 0.103. The first kappa shape index (κ1) is 24.3. The molecule has 0 unspecified atom stereocenters. The third kappa shape index (κ3) is 4.88. The third-order valence-corrected chi connectivity index (χ3v) is 7.25. The van der Waals surface area contributed by atoms with E-state index in [-0.39, 0.29) is 23.3 Å². The molecule has 0 bridgehead atoms. The molecule has 4 aromatic rings. The molecule has 3 aromatic carbocycles. The van der Waals surface area contributed by atoms with Crippen LogP contribution in [0.3, 0.4) is 0 Å². The fourth-order valence-corrected chi connectivity index (χ4v) is 5.27. The predicted molar refractivity (Wildman–Crippen MR) is 124 cm³/mol. The molecule has 4 rings (SSSR count). The highest BCUT2D eigenvalue weighted by atomic mass is 32.2. The standard InChI is InChI=1S/C25H20F3NO5S/c1-34-20-9-10-23-22(14-20)18(8-11-24(30)31)15-29(23)35(32,33)21-7-3-5-17(13-21)16-4-2-6-19(12-16)25(26,27)28/h2-7,9-10,12-15H,8,11H2,1H3,(H,30,31). The Bertz CT molecular complexity index is 1520. The monoisotopic (exact) mass is 503 g/mol. The van der Waals surface area contributed by atoms with E-state index in [0.29, 0.717) is 27.8 Å². The normalized spacial score (nSPS) is 12.1. The number of carboxylic acids is 1. The molecule has 0 amide bonds. The van der Waals surface area contributed by atoms with Crippen LogP contribution in [-0.4, -0.2) is 30.6 Å². The van der Waals surface area contributed by atoms with E-state index in [2.05, 4.69) is 0 Å². The molecule has 0 radical (unpaired) electrons. The average molecular weight is 503 g/mol. The number of hydrogen-bond donors (Lipinski definition) is 1. The lowest BCUT2D eigenvalue weighted by molar-refractivity contribution is -0.138. The summed E-state index contributed by atoms with van der Waals surface area (Å²) in [6.45, 7) is 0. The highest BCUT2D eigenvalue weighted by Crippen LogP contribution is 2.34. The zero-order valence-corrected chi connectivity index (χ0v) is 19.2. The van der Waals surface area contributed by atoms with Crippen molar-refractivity contribution in [3.63, 3.8) is 0 Å². The minimum atomic E-state index is -4.53. The summed E-state index contributed by atoms with van der Waals surface area (Å²) in [7, 11) is -2.70. The first-order chi connectivity index (χ1) is 16.5. The lowest BCUT2D eigenvalue weighted by atomic mass is 10.0. The number of alkyl halides is 3. The zero-order valence-electron chi connectivity index (χ0n) is 18.4. The van der Waals surface area contributed by atoms with Crippen LogP contribution in [0, 0.1) is 0 Å². The number of aliphatic carboxylic acids is 1. The van der Waals surface area contributed by atoms with Crippen LogP contribution >= 0.6 is 0 Å². The molecule has 0 spiro atoms. The van der Waals surface area contributed by atoms with E-state index in [4.69, 9.17) is 9.84 Å². The quantitative estimate of drug-likeness (QED) is 0.355. The van der Waals surface area contributed by atoms with Gasteiger partial charge in [-0.3, -0.25) is 4.79 Å². The SMILES string of the molecule is COc1ccc2c(c1)c(CCC(=O)O)cn2S(=O)(=O)c1cccc(-c2cccc(C(F)(F)F)c2)c1. The fourth-order valence-electron chi connectivity index (χ4n) is 3.84. The summed E-state index contributed by atoms with van der Waals surface area (Å²) in [6, 6.07) is 15.1. The van der Waals surface area contributed by atoms with Gasteiger partial charge in [0.25, 0.3) is 10.0 Å². The van der Waals surface area contributed by atoms with Gasteiger partial charge in [0.1, 0.15) is 5.75 Å². The lowest BCUT2D eigenvalue weighted by Gasteiger charge is -2.11. The molecule has 0 fully saturated rings. The van der Waals surface area contributed by atoms with Crippen molar-refractivity contribution in [1.29, 1.82) is 0 Å². The van der Waals surface area contributed by atoms with Crippen LogP contribution < -0.4 is 4.74 Å². The van der Waals surface area contributed by atoms with Crippen LogP contribution in [0.1, 0.15) is 17.5 Å². The number of halogens is 3. The first-order valence-corrected chi connectivity index (χ1v) is 11.9. The maximum absolute atomic E-state index is 13.6. The Morgan fingerprint density at radius 3 is 2.34 bits per heavy atom. The van der Waals surface area contributed by atoms with Gasteiger partial charge in [0.15, 0.2) is 0 Å². The highest BCUT2D eigenvalue weighted by Gasteiger charge is 2.30. The van der Waals surface area contributed by atoms with Gasteiger partial charge in [-0.05, 0) is 65.6 Å². The smallest absolute Gasteiger partial charge is 0.416 e. The maximum atomic E-state index is 13.6. The number of methoxy groups -OCH3 is 1. The minimum Gasteiger partial charge on any atom is -0.497 e. The molecular weight excluding hydrogens is 483 g/mol. The number of aromatic nitrogens is 1. The van der Waals surface area contributed by atoms with Gasteiger partial charge >= 0.3 is 12.1 Å². The maximum Gasteiger partial charge on any atom is 0.416 e. The number of nitrogens with zero attached hydrogens (tertiary/aromatic N) is 1. The number of carbonyl (C=O) groups is 1. The Kier molecular flexibility index (Phi) is 6.33. The molecule has 1 heterocycles. The van der Waals surface area contributed by atoms with Crippen molar-refractivity contribution in [2.75, 3.05) is 7.11 Å². The van der Waals surface area contributed by atoms with Crippen LogP contribution in [0.25, 0.3) is 22.0 Å². The van der Waals surface area contributed by atoms with Gasteiger partial charge in [0, 0.05) is 18.0 Å². The van der Waals surface area contributed by atoms with E-state index in [1.54, 1.807) is 18.2 Å². The number of benzene rings is 3. The Balaban J connectivity index is 1.82. The van der Waals surface area contributed by atoms with Gasteiger partial charge < -0.3 is 9.84 Å². The van der Waals surface area contributed by atoms with Gasteiger partial charge in [-0.25, -0.2) is 12.4 Å². The molecular formula is C25H20F3NO5S. The van der Waals surface area contributed by atoms with E-state index >= 15 is 0 Å². The largest absolute Gasteiger partial charge is 0.497 e. The van der Waals surface area contributed by atoms with E-state index in [9.17, 15) is 26.4 Å². The Morgan fingerprint density at radius 2 is 1.69 bits per heavy atom. The van der Waals surface area contributed by atoms with Crippen LogP contribution in [0.5, 0.6) is 5.75 Å². The molecule has 182 valence electrons. The van der Waals surface area contributed by atoms with Crippen LogP contribution in [-0.2, 0) is 27.4 Å². The van der Waals surface area contributed by atoms with E-state index in [1.807, 2.05) is 0 Å². The van der Waals surface area contributed by atoms with Crippen molar-refractivity contribution in [3.8, 4) is 16.9 Å². The summed E-state index contributed by atoms with van der Waals surface area (Å²) < 4.78 is 72.9. The molecule has 1 aromatic heterocycles. The molecule has 0 aliphatic rings. The summed E-state index contributed by atoms with van der Waals surface area (Å²) in [4.78, 5) is 11.0. The molecule has 1 N–H and O–H groups in total. The summed E-state index contributed by atoms with van der Waals surface area (Å²) in [5, 5.41) is 9.61. The Hall–Kier alpha value is -3.79. The molecule has 6 nitrogen and oxygen atoms in total. The molecule has 0 aliphatic carbocycles. The predicted octanol–water partition coefficient (Wildman–Crippen LogP) is 5.59. The van der Waals surface area contributed by atoms with Crippen LogP contribution in [0.15, 0.2) is 77.8 Å². The topological polar surface area (TPSA) is 85.6 Å². The van der Waals surface area contributed by atoms with Crippen molar-refractivity contribution >= 4 is 26.9 Å². The van der Waals surface area contributed by atoms with Gasteiger partial charge in [-0.2, -0.15) is 13.2 Å². The first-order valence-electron chi connectivity index (χ1n) is 10.4. The van der Waals surface area contributed by atoms with E-state index in [1.165, 1.54) is 49.7 Å². The van der Waals surface area contributed by atoms with Gasteiger partial charge in [-0.1, -0.05) is 24.3 Å². The molecule has 0 saturated carbocycles. The van der Waals surface area contributed by atoms with Gasteiger partial charge in [0.05, 0.1) is 23.1 Å². The zero-order chi connectivity index (χ0) is 25.4. The van der Waals surface area contributed by atoms with E-state index in [0.717, 1.165) is 16.1 Å². The lowest BCUT2D eigenvalue weighted by Crippen LogP contribution is -2.12. The van der Waals surface area contributed by atoms with Crippen LogP contribution in [0.2, 0.25) is 0 Å². The molecule has 0 saturated heterocycles. The van der Waals surface area contributed by atoms with Crippen LogP contribution in [0.4, 0.5) is 13.2 Å².